The first-order valence-corrected chi connectivity index (χ1v) is 15.1. The number of rotatable bonds is 6. The van der Waals surface area contributed by atoms with Gasteiger partial charge in [-0.25, -0.2) is 14.1 Å². The molecule has 2 fully saturated rings. The average Bonchev–Trinajstić information content (AvgIpc) is 3.44. The zero-order valence-corrected chi connectivity index (χ0v) is 24.1. The molecule has 218 valence electrons. The van der Waals surface area contributed by atoms with E-state index in [1.807, 2.05) is 0 Å². The van der Waals surface area contributed by atoms with Crippen molar-refractivity contribution in [3.05, 3.63) is 80.0 Å². The third kappa shape index (κ3) is 4.95. The molecule has 42 heavy (non-hydrogen) atoms. The smallest absolute Gasteiger partial charge is 0.338 e. The van der Waals surface area contributed by atoms with Gasteiger partial charge >= 0.3 is 10.8 Å². The van der Waals surface area contributed by atoms with E-state index in [9.17, 15) is 28.4 Å². The molecule has 0 spiro atoms. The first-order chi connectivity index (χ1) is 20.3. The van der Waals surface area contributed by atoms with Gasteiger partial charge in [-0.05, 0) is 48.9 Å². The van der Waals surface area contributed by atoms with Crippen molar-refractivity contribution in [2.75, 3.05) is 37.8 Å². The lowest BCUT2D eigenvalue weighted by Gasteiger charge is -2.31. The van der Waals surface area contributed by atoms with Gasteiger partial charge in [0.05, 0.1) is 42.0 Å². The van der Waals surface area contributed by atoms with E-state index >= 15 is 0 Å². The van der Waals surface area contributed by atoms with E-state index in [0.717, 1.165) is 28.0 Å². The van der Waals surface area contributed by atoms with Crippen LogP contribution < -0.4 is 9.77 Å². The number of carbonyl (C=O) groups excluding carboxylic acids is 4. The number of hydrogen-bond acceptors (Lipinski definition) is 9. The minimum Gasteiger partial charge on any atom is -0.462 e. The molecule has 2 aromatic carbocycles. The Morgan fingerprint density at radius 3 is 2.36 bits per heavy atom. The summed E-state index contributed by atoms with van der Waals surface area (Å²) < 4.78 is 25.6. The molecule has 0 radical (unpaired) electrons. The van der Waals surface area contributed by atoms with Crippen LogP contribution in [0, 0.1) is 11.7 Å². The van der Waals surface area contributed by atoms with E-state index in [1.54, 1.807) is 24.0 Å². The van der Waals surface area contributed by atoms with Crippen LogP contribution in [0.5, 0.6) is 0 Å². The highest BCUT2D eigenvalue weighted by atomic mass is 32.2. The fraction of sp³-hybridized carbons (Fsp3) is 0.345. The summed E-state index contributed by atoms with van der Waals surface area (Å²) >= 11 is 2.04. The second kappa shape index (κ2) is 11.5. The molecule has 3 aromatic rings. The highest BCUT2D eigenvalue weighted by Gasteiger charge is 2.56. The summed E-state index contributed by atoms with van der Waals surface area (Å²) in [6.45, 7) is 3.39. The molecule has 1 aromatic heterocycles. The fourth-order valence-corrected chi connectivity index (χ4v) is 8.32. The SMILES string of the molecule is CCOC(=O)c1ccc(N2C(=O)C3Sc4c(sc(=O)n4CC(=O)N4CCOCC4)[C@H](c4ccc(F)cc4)C3C2=O)cc1. The van der Waals surface area contributed by atoms with Gasteiger partial charge in [0, 0.05) is 23.9 Å². The lowest BCUT2D eigenvalue weighted by atomic mass is 9.83. The summed E-state index contributed by atoms with van der Waals surface area (Å²) in [6, 6.07) is 11.7. The number of fused-ring (bicyclic) bond motifs is 2. The van der Waals surface area contributed by atoms with Crippen LogP contribution in [-0.4, -0.2) is 71.3 Å². The quantitative estimate of drug-likeness (QED) is 0.309. The molecule has 0 aliphatic carbocycles. The Hall–Kier alpha value is -3.81. The number of morpholine rings is 1. The Balaban J connectivity index is 1.38. The number of aromatic nitrogens is 1. The first-order valence-electron chi connectivity index (χ1n) is 13.4. The number of thiazole rings is 1. The molecule has 0 saturated carbocycles. The standard InChI is InChI=1S/C29H26FN3O7S2/c1-2-40-28(37)17-5-9-19(10-6-17)33-25(35)22-21(16-3-7-18(30)8-4-16)24-27(41-23(22)26(33)36)32(29(38)42-24)15-20(34)31-11-13-39-14-12-31/h3-10,21-23H,2,11-15H2,1H3/t21-,22?,23?/m1/s1. The van der Waals surface area contributed by atoms with Crippen molar-refractivity contribution >= 4 is 52.5 Å². The van der Waals surface area contributed by atoms with E-state index in [4.69, 9.17) is 9.47 Å². The maximum Gasteiger partial charge on any atom is 0.338 e. The highest BCUT2D eigenvalue weighted by Crippen LogP contribution is 2.53. The van der Waals surface area contributed by atoms with Crippen LogP contribution >= 0.6 is 23.1 Å². The van der Waals surface area contributed by atoms with Crippen molar-refractivity contribution < 1.29 is 33.0 Å². The van der Waals surface area contributed by atoms with Crippen LogP contribution in [0.15, 0.2) is 58.4 Å². The third-order valence-electron chi connectivity index (χ3n) is 7.57. The summed E-state index contributed by atoms with van der Waals surface area (Å²) in [5.41, 5.74) is 1.17. The van der Waals surface area contributed by atoms with Crippen LogP contribution in [0.25, 0.3) is 0 Å². The zero-order valence-electron chi connectivity index (χ0n) is 22.5. The van der Waals surface area contributed by atoms with Gasteiger partial charge in [0.25, 0.3) is 0 Å². The van der Waals surface area contributed by atoms with E-state index in [0.29, 0.717) is 47.5 Å². The number of imide groups is 1. The minimum absolute atomic E-state index is 0.202. The fourth-order valence-electron chi connectivity index (χ4n) is 5.55. The Morgan fingerprint density at radius 1 is 1.00 bits per heavy atom. The number of esters is 1. The molecule has 3 aliphatic heterocycles. The number of nitrogens with zero attached hydrogens (tertiary/aromatic N) is 3. The van der Waals surface area contributed by atoms with Crippen LogP contribution in [0.3, 0.4) is 0 Å². The van der Waals surface area contributed by atoms with Crippen LogP contribution in [0.1, 0.15) is 33.6 Å². The summed E-state index contributed by atoms with van der Waals surface area (Å²) in [4.78, 5) is 69.2. The van der Waals surface area contributed by atoms with E-state index < -0.39 is 40.7 Å². The molecule has 0 bridgehead atoms. The Kier molecular flexibility index (Phi) is 7.73. The second-order valence-corrected chi connectivity index (χ2v) is 12.1. The van der Waals surface area contributed by atoms with Gasteiger partial charge in [-0.2, -0.15) is 0 Å². The van der Waals surface area contributed by atoms with Crippen molar-refractivity contribution in [1.82, 2.24) is 9.47 Å². The van der Waals surface area contributed by atoms with Gasteiger partial charge < -0.3 is 14.4 Å². The van der Waals surface area contributed by atoms with E-state index in [1.165, 1.54) is 41.0 Å². The van der Waals surface area contributed by atoms with Gasteiger partial charge in [0.1, 0.15) is 17.6 Å². The number of hydrogen-bond donors (Lipinski definition) is 0. The zero-order chi connectivity index (χ0) is 29.5. The first kappa shape index (κ1) is 28.3. The molecule has 2 saturated heterocycles. The van der Waals surface area contributed by atoms with Gasteiger partial charge in [-0.1, -0.05) is 35.2 Å². The predicted octanol–water partition coefficient (Wildman–Crippen LogP) is 2.88. The molecule has 3 amide bonds. The van der Waals surface area contributed by atoms with E-state index in [-0.39, 0.29) is 29.5 Å². The third-order valence-corrected chi connectivity index (χ3v) is 10.2. The summed E-state index contributed by atoms with van der Waals surface area (Å²) in [5, 5.41) is -0.425. The van der Waals surface area contributed by atoms with Crippen LogP contribution in [0.4, 0.5) is 10.1 Å². The molecule has 6 rings (SSSR count). The average molecular weight is 612 g/mol. The molecule has 2 unspecified atom stereocenters. The van der Waals surface area contributed by atoms with Crippen molar-refractivity contribution in [1.29, 1.82) is 0 Å². The molecule has 3 atom stereocenters. The van der Waals surface area contributed by atoms with Gasteiger partial charge in [0.2, 0.25) is 17.7 Å². The van der Waals surface area contributed by atoms with Crippen LogP contribution in [-0.2, 0) is 30.4 Å². The largest absolute Gasteiger partial charge is 0.462 e. The maximum absolute atomic E-state index is 14.0. The molecule has 4 heterocycles. The van der Waals surface area contributed by atoms with Crippen molar-refractivity contribution in [2.24, 2.45) is 5.92 Å². The van der Waals surface area contributed by atoms with Gasteiger partial charge in [-0.3, -0.25) is 23.7 Å². The highest BCUT2D eigenvalue weighted by molar-refractivity contribution is 8.00. The number of ether oxygens (including phenoxy) is 2. The number of benzene rings is 2. The van der Waals surface area contributed by atoms with Crippen LogP contribution in [0.2, 0.25) is 0 Å². The molecule has 10 nitrogen and oxygen atoms in total. The molecule has 13 heteroatoms. The molecular formula is C29H26FN3O7S2. The number of halogens is 1. The maximum atomic E-state index is 14.0. The summed E-state index contributed by atoms with van der Waals surface area (Å²) in [6.07, 6.45) is 0. The number of amides is 3. The number of carbonyl (C=O) groups is 4. The normalized spacial score (nSPS) is 21.7. The summed E-state index contributed by atoms with van der Waals surface area (Å²) in [5.74, 6) is -3.72. The number of anilines is 1. The summed E-state index contributed by atoms with van der Waals surface area (Å²) in [7, 11) is 0. The van der Waals surface area contributed by atoms with E-state index in [2.05, 4.69) is 0 Å². The minimum atomic E-state index is -0.886. The topological polar surface area (TPSA) is 115 Å². The van der Waals surface area contributed by atoms with Crippen molar-refractivity contribution in [2.45, 2.75) is 29.7 Å². The van der Waals surface area contributed by atoms with Crippen molar-refractivity contribution in [3.63, 3.8) is 0 Å². The van der Waals surface area contributed by atoms with Crippen molar-refractivity contribution in [3.8, 4) is 0 Å². The monoisotopic (exact) mass is 611 g/mol. The molecular weight excluding hydrogens is 585 g/mol. The lowest BCUT2D eigenvalue weighted by molar-refractivity contribution is -0.136. The predicted molar refractivity (Wildman–Crippen MR) is 152 cm³/mol. The Bertz CT molecular complexity index is 1610. The lowest BCUT2D eigenvalue weighted by Crippen LogP contribution is -2.43. The molecule has 0 N–H and O–H groups in total. The Morgan fingerprint density at radius 2 is 1.69 bits per heavy atom. The van der Waals surface area contributed by atoms with Gasteiger partial charge in [0.15, 0.2) is 0 Å². The molecule has 3 aliphatic rings. The number of thioether (sulfide) groups is 1. The second-order valence-electron chi connectivity index (χ2n) is 9.99. The van der Waals surface area contributed by atoms with Gasteiger partial charge in [-0.15, -0.1) is 0 Å². The Labute approximate surface area is 248 Å².